The van der Waals surface area contributed by atoms with Gasteiger partial charge < -0.3 is 16.4 Å². The molecule has 2 aromatic rings. The first-order valence-corrected chi connectivity index (χ1v) is 9.59. The van der Waals surface area contributed by atoms with Crippen LogP contribution in [0.5, 0.6) is 0 Å². The minimum Gasteiger partial charge on any atom is -0.389 e. The van der Waals surface area contributed by atoms with Crippen molar-refractivity contribution in [2.75, 3.05) is 31.0 Å². The minimum atomic E-state index is 0.356. The van der Waals surface area contributed by atoms with Crippen molar-refractivity contribution in [3.8, 4) is 0 Å². The summed E-state index contributed by atoms with van der Waals surface area (Å²) in [6, 6.07) is 10.9. The lowest BCUT2D eigenvalue weighted by atomic mass is 10.2. The average Bonchev–Trinajstić information content (AvgIpc) is 2.60. The van der Waals surface area contributed by atoms with Crippen LogP contribution in [0, 0.1) is 5.41 Å². The van der Waals surface area contributed by atoms with Crippen LogP contribution in [0.15, 0.2) is 36.4 Å². The van der Waals surface area contributed by atoms with E-state index in [4.69, 9.17) is 46.6 Å². The van der Waals surface area contributed by atoms with Crippen LogP contribution in [0.4, 0.5) is 11.4 Å². The topological polar surface area (TPSA) is 73.9 Å². The third kappa shape index (κ3) is 7.12. The fourth-order valence-corrected chi connectivity index (χ4v) is 2.80. The summed E-state index contributed by atoms with van der Waals surface area (Å²) in [6.07, 6.45) is 1.88. The molecule has 0 saturated carbocycles. The molecule has 25 heavy (non-hydrogen) atoms. The highest BCUT2D eigenvalue weighted by Crippen LogP contribution is 2.21. The van der Waals surface area contributed by atoms with Gasteiger partial charge in [0, 0.05) is 46.6 Å². The normalized spacial score (nSPS) is 9.64. The summed E-state index contributed by atoms with van der Waals surface area (Å²) in [4.78, 5) is 0.356. The first-order chi connectivity index (χ1) is 11.8. The van der Waals surface area contributed by atoms with E-state index in [1.54, 1.807) is 12.1 Å². The molecule has 2 aromatic carbocycles. The Hall–Kier alpha value is -1.47. The Labute approximate surface area is 168 Å². The molecule has 5 N–H and O–H groups in total. The van der Waals surface area contributed by atoms with E-state index in [9.17, 15) is 0 Å². The molecule has 0 heterocycles. The quantitative estimate of drug-likeness (QED) is 0.318. The number of halogens is 2. The van der Waals surface area contributed by atoms with Crippen LogP contribution in [0.1, 0.15) is 11.1 Å². The van der Waals surface area contributed by atoms with Gasteiger partial charge in [0.1, 0.15) is 4.99 Å². The number of rotatable bonds is 4. The molecule has 0 unspecified atom stereocenters. The predicted molar refractivity (Wildman–Crippen MR) is 118 cm³/mol. The lowest BCUT2D eigenvalue weighted by molar-refractivity contribution is 1.48. The molecule has 0 spiro atoms. The Morgan fingerprint density at radius 1 is 0.960 bits per heavy atom. The highest BCUT2D eigenvalue weighted by molar-refractivity contribution is 8.13. The second-order valence-electron chi connectivity index (χ2n) is 4.85. The van der Waals surface area contributed by atoms with Crippen LogP contribution in [0.2, 0.25) is 10.0 Å². The summed E-state index contributed by atoms with van der Waals surface area (Å²) in [6.45, 7) is 0. The maximum Gasteiger partial charge on any atom is 0.104 e. The van der Waals surface area contributed by atoms with Crippen LogP contribution in [-0.4, -0.2) is 30.4 Å². The summed E-state index contributed by atoms with van der Waals surface area (Å²) >= 11 is 17.9. The largest absolute Gasteiger partial charge is 0.389 e. The van der Waals surface area contributed by atoms with E-state index in [1.165, 1.54) is 11.8 Å². The Bertz CT molecular complexity index is 766. The molecule has 2 rings (SSSR count). The third-order valence-electron chi connectivity index (χ3n) is 3.12. The van der Waals surface area contributed by atoms with E-state index in [0.717, 1.165) is 22.5 Å². The standard InChI is InChI=1S/C9H11ClN2S.C8H9ClN2S/c1-12-8-4-6(9(11)13-2)3-7(10)5-8;1-11-7-3-5(8(10)12)2-6(9)4-7/h3-5,11-12H,1-2H3;2-4,11H,1H3,(H2,10,12). The maximum absolute atomic E-state index is 7.62. The van der Waals surface area contributed by atoms with Crippen molar-refractivity contribution in [3.63, 3.8) is 0 Å². The molecule has 0 saturated heterocycles. The first kappa shape index (κ1) is 21.6. The highest BCUT2D eigenvalue weighted by Gasteiger charge is 2.02. The zero-order valence-electron chi connectivity index (χ0n) is 14.1. The van der Waals surface area contributed by atoms with Gasteiger partial charge in [-0.15, -0.1) is 11.8 Å². The number of hydrogen-bond donors (Lipinski definition) is 4. The van der Waals surface area contributed by atoms with Gasteiger partial charge in [-0.3, -0.25) is 5.41 Å². The Morgan fingerprint density at radius 3 is 1.80 bits per heavy atom. The summed E-state index contributed by atoms with van der Waals surface area (Å²) in [7, 11) is 3.65. The lowest BCUT2D eigenvalue weighted by Gasteiger charge is -2.05. The number of nitrogens with two attached hydrogens (primary N) is 1. The van der Waals surface area contributed by atoms with Gasteiger partial charge in [0.05, 0.1) is 5.04 Å². The third-order valence-corrected chi connectivity index (χ3v) is 4.44. The molecule has 0 amide bonds. The van der Waals surface area contributed by atoms with E-state index in [0.29, 0.717) is 20.1 Å². The smallest absolute Gasteiger partial charge is 0.104 e. The predicted octanol–water partition coefficient (Wildman–Crippen LogP) is 5.09. The Kier molecular flexibility index (Phi) is 9.06. The molecular weight excluding hydrogens is 395 g/mol. The van der Waals surface area contributed by atoms with Crippen LogP contribution >= 0.6 is 47.2 Å². The average molecular weight is 415 g/mol. The van der Waals surface area contributed by atoms with Gasteiger partial charge in [0.25, 0.3) is 0 Å². The molecular formula is C17H20Cl2N4S2. The van der Waals surface area contributed by atoms with E-state index < -0.39 is 0 Å². The Balaban J connectivity index is 0.000000251. The second-order valence-corrected chi connectivity index (χ2v) is 6.98. The molecule has 0 fully saturated rings. The number of thiocarbonyl (C=S) groups is 1. The minimum absolute atomic E-state index is 0.356. The molecule has 0 atom stereocenters. The van der Waals surface area contributed by atoms with E-state index in [1.807, 2.05) is 44.6 Å². The van der Waals surface area contributed by atoms with E-state index in [-0.39, 0.29) is 0 Å². The maximum atomic E-state index is 7.62. The molecule has 4 nitrogen and oxygen atoms in total. The molecule has 0 aliphatic rings. The number of benzene rings is 2. The van der Waals surface area contributed by atoms with Gasteiger partial charge in [-0.2, -0.15) is 0 Å². The summed E-state index contributed by atoms with van der Waals surface area (Å²) in [5, 5.41) is 15.4. The van der Waals surface area contributed by atoms with Crippen molar-refractivity contribution in [3.05, 3.63) is 57.6 Å². The Morgan fingerprint density at radius 2 is 1.40 bits per heavy atom. The second kappa shape index (κ2) is 10.5. The molecule has 0 radical (unpaired) electrons. The fraction of sp³-hybridized carbons (Fsp3) is 0.176. The fourth-order valence-electron chi connectivity index (χ4n) is 1.86. The number of nitrogens with one attached hydrogen (secondary N) is 3. The number of anilines is 2. The van der Waals surface area contributed by atoms with E-state index >= 15 is 0 Å². The lowest BCUT2D eigenvalue weighted by Crippen LogP contribution is -2.09. The van der Waals surface area contributed by atoms with Crippen LogP contribution in [-0.2, 0) is 0 Å². The van der Waals surface area contributed by atoms with Crippen LogP contribution in [0.3, 0.4) is 0 Å². The number of thioether (sulfide) groups is 1. The number of hydrogen-bond acceptors (Lipinski definition) is 5. The van der Waals surface area contributed by atoms with Gasteiger partial charge in [-0.05, 0) is 42.7 Å². The van der Waals surface area contributed by atoms with Crippen LogP contribution in [0.25, 0.3) is 0 Å². The van der Waals surface area contributed by atoms with Gasteiger partial charge >= 0.3 is 0 Å². The van der Waals surface area contributed by atoms with Crippen molar-refractivity contribution in [1.82, 2.24) is 0 Å². The summed E-state index contributed by atoms with van der Waals surface area (Å²) < 4.78 is 0. The molecule has 0 bridgehead atoms. The SMILES string of the molecule is CNc1cc(Cl)cc(C(=N)SC)c1.CNc1cc(Cl)cc(C(N)=S)c1. The molecule has 0 aliphatic carbocycles. The van der Waals surface area contributed by atoms with Gasteiger partial charge in [0.2, 0.25) is 0 Å². The monoisotopic (exact) mass is 414 g/mol. The summed E-state index contributed by atoms with van der Waals surface area (Å²) in [5.74, 6) is 0. The van der Waals surface area contributed by atoms with Gasteiger partial charge in [0.15, 0.2) is 0 Å². The molecule has 134 valence electrons. The zero-order chi connectivity index (χ0) is 19.0. The van der Waals surface area contributed by atoms with Crippen molar-refractivity contribution in [2.24, 2.45) is 5.73 Å². The van der Waals surface area contributed by atoms with Gasteiger partial charge in [-0.1, -0.05) is 35.4 Å². The van der Waals surface area contributed by atoms with Crippen molar-refractivity contribution in [1.29, 1.82) is 5.41 Å². The van der Waals surface area contributed by atoms with Crippen molar-refractivity contribution in [2.45, 2.75) is 0 Å². The molecule has 0 aliphatic heterocycles. The zero-order valence-corrected chi connectivity index (χ0v) is 17.3. The molecule has 0 aromatic heterocycles. The van der Waals surface area contributed by atoms with Gasteiger partial charge in [-0.25, -0.2) is 0 Å². The van der Waals surface area contributed by atoms with Crippen molar-refractivity contribution < 1.29 is 0 Å². The highest BCUT2D eigenvalue weighted by atomic mass is 35.5. The summed E-state index contributed by atoms with van der Waals surface area (Å²) in [5.41, 5.74) is 8.92. The van der Waals surface area contributed by atoms with Crippen LogP contribution < -0.4 is 16.4 Å². The van der Waals surface area contributed by atoms with E-state index in [2.05, 4.69) is 10.6 Å². The first-order valence-electron chi connectivity index (χ1n) is 7.20. The van der Waals surface area contributed by atoms with Crippen molar-refractivity contribution >= 4 is 68.6 Å². The molecule has 8 heteroatoms.